The van der Waals surface area contributed by atoms with Crippen molar-refractivity contribution in [3.8, 4) is 0 Å². The number of hydrogen-bond donors (Lipinski definition) is 1. The molecule has 2 unspecified atom stereocenters. The van der Waals surface area contributed by atoms with Crippen molar-refractivity contribution < 1.29 is 4.39 Å². The molecule has 0 saturated carbocycles. The van der Waals surface area contributed by atoms with Gasteiger partial charge in [-0.25, -0.2) is 4.39 Å². The van der Waals surface area contributed by atoms with Crippen molar-refractivity contribution in [2.24, 2.45) is 0 Å². The van der Waals surface area contributed by atoms with Gasteiger partial charge in [0.05, 0.1) is 0 Å². The van der Waals surface area contributed by atoms with E-state index >= 15 is 0 Å². The summed E-state index contributed by atoms with van der Waals surface area (Å²) in [6, 6.07) is 3.81. The van der Waals surface area contributed by atoms with E-state index in [4.69, 9.17) is 0 Å². The quantitative estimate of drug-likeness (QED) is 0.888. The molecule has 0 aliphatic carbocycles. The van der Waals surface area contributed by atoms with Crippen LogP contribution < -0.4 is 5.32 Å². The summed E-state index contributed by atoms with van der Waals surface area (Å²) in [5.74, 6) is 1.11. The fraction of sp³-hybridized carbons (Fsp3) is 0.600. The Morgan fingerprint density at radius 1 is 1.39 bits per heavy atom. The molecule has 1 aliphatic heterocycles. The molecule has 100 valence electrons. The fourth-order valence-electron chi connectivity index (χ4n) is 3.08. The van der Waals surface area contributed by atoms with Crippen LogP contribution in [0.15, 0.2) is 12.1 Å². The molecule has 0 bridgehead atoms. The van der Waals surface area contributed by atoms with Gasteiger partial charge in [0.25, 0.3) is 0 Å². The normalized spacial score (nSPS) is 25.4. The minimum atomic E-state index is -0.0689. The van der Waals surface area contributed by atoms with E-state index in [0.29, 0.717) is 0 Å². The van der Waals surface area contributed by atoms with Crippen molar-refractivity contribution in [1.82, 2.24) is 5.32 Å². The molecule has 1 saturated heterocycles. The molecule has 0 radical (unpaired) electrons. The van der Waals surface area contributed by atoms with Crippen molar-refractivity contribution >= 4 is 11.8 Å². The van der Waals surface area contributed by atoms with Gasteiger partial charge in [0, 0.05) is 16.4 Å². The van der Waals surface area contributed by atoms with Crippen molar-refractivity contribution in [2.45, 2.75) is 44.4 Å². The van der Waals surface area contributed by atoms with E-state index in [1.807, 2.05) is 32.7 Å². The van der Waals surface area contributed by atoms with Gasteiger partial charge >= 0.3 is 0 Å². The Morgan fingerprint density at radius 2 is 2.11 bits per heavy atom. The predicted octanol–water partition coefficient (Wildman–Crippen LogP) is 3.99. The highest BCUT2D eigenvalue weighted by molar-refractivity contribution is 8.00. The molecule has 18 heavy (non-hydrogen) atoms. The van der Waals surface area contributed by atoms with Crippen molar-refractivity contribution in [3.05, 3.63) is 34.6 Å². The molecular weight excluding hydrogens is 245 g/mol. The number of halogens is 1. The summed E-state index contributed by atoms with van der Waals surface area (Å²) in [7, 11) is 1.94. The molecule has 1 N–H and O–H groups in total. The lowest BCUT2D eigenvalue weighted by Crippen LogP contribution is -2.36. The Balaban J connectivity index is 2.45. The molecule has 1 heterocycles. The van der Waals surface area contributed by atoms with Gasteiger partial charge in [-0.3, -0.25) is 0 Å². The van der Waals surface area contributed by atoms with E-state index in [1.54, 1.807) is 6.07 Å². The summed E-state index contributed by atoms with van der Waals surface area (Å²) in [5.41, 5.74) is 2.90. The van der Waals surface area contributed by atoms with Crippen molar-refractivity contribution in [3.63, 3.8) is 0 Å². The van der Waals surface area contributed by atoms with Crippen LogP contribution in [-0.4, -0.2) is 17.5 Å². The lowest BCUT2D eigenvalue weighted by atomic mass is 9.87. The largest absolute Gasteiger partial charge is 0.312 e. The topological polar surface area (TPSA) is 12.0 Å². The second kappa shape index (κ2) is 5.22. The maximum absolute atomic E-state index is 14.3. The van der Waals surface area contributed by atoms with Crippen LogP contribution in [0, 0.1) is 19.7 Å². The molecule has 1 nitrogen and oxygen atoms in total. The molecular formula is C15H22FNS. The van der Waals surface area contributed by atoms with Gasteiger partial charge in [0.15, 0.2) is 0 Å². The smallest absolute Gasteiger partial charge is 0.128 e. The average molecular weight is 267 g/mol. The maximum atomic E-state index is 14.3. The van der Waals surface area contributed by atoms with Gasteiger partial charge in [-0.15, -0.1) is 0 Å². The van der Waals surface area contributed by atoms with Gasteiger partial charge in [0.2, 0.25) is 0 Å². The van der Waals surface area contributed by atoms with E-state index in [9.17, 15) is 4.39 Å². The summed E-state index contributed by atoms with van der Waals surface area (Å²) < 4.78 is 14.4. The molecule has 1 fully saturated rings. The Morgan fingerprint density at radius 3 is 2.61 bits per heavy atom. The monoisotopic (exact) mass is 267 g/mol. The number of benzene rings is 1. The van der Waals surface area contributed by atoms with Crippen LogP contribution in [0.25, 0.3) is 0 Å². The lowest BCUT2D eigenvalue weighted by molar-refractivity contribution is 0.422. The van der Waals surface area contributed by atoms with E-state index < -0.39 is 0 Å². The van der Waals surface area contributed by atoms with Gasteiger partial charge in [-0.2, -0.15) is 11.8 Å². The van der Waals surface area contributed by atoms with Gasteiger partial charge in [-0.05, 0) is 63.6 Å². The third-order valence-electron chi connectivity index (χ3n) is 3.92. The molecule has 1 aromatic carbocycles. The van der Waals surface area contributed by atoms with Crippen LogP contribution in [0.5, 0.6) is 0 Å². The first-order chi connectivity index (χ1) is 8.48. The van der Waals surface area contributed by atoms with Crippen LogP contribution in [0.1, 0.15) is 42.5 Å². The number of hydrogen-bond acceptors (Lipinski definition) is 2. The molecule has 1 aromatic rings. The Bertz CT molecular complexity index is 415. The van der Waals surface area contributed by atoms with Gasteiger partial charge < -0.3 is 5.32 Å². The van der Waals surface area contributed by atoms with E-state index in [1.165, 1.54) is 12.2 Å². The Labute approximate surface area is 114 Å². The minimum absolute atomic E-state index is 0.0689. The van der Waals surface area contributed by atoms with Crippen LogP contribution in [0.2, 0.25) is 0 Å². The summed E-state index contributed by atoms with van der Waals surface area (Å²) >= 11 is 1.96. The van der Waals surface area contributed by atoms with Crippen LogP contribution >= 0.6 is 11.8 Å². The van der Waals surface area contributed by atoms with E-state index in [2.05, 4.69) is 18.3 Å². The second-order valence-corrected chi connectivity index (χ2v) is 7.09. The molecule has 0 amide bonds. The summed E-state index contributed by atoms with van der Waals surface area (Å²) in [6.45, 7) is 6.21. The number of rotatable bonds is 3. The third kappa shape index (κ3) is 2.43. The zero-order chi connectivity index (χ0) is 13.3. The molecule has 2 rings (SSSR count). The molecule has 0 aromatic heterocycles. The van der Waals surface area contributed by atoms with Gasteiger partial charge in [0.1, 0.15) is 5.82 Å². The van der Waals surface area contributed by atoms with Crippen molar-refractivity contribution in [1.29, 1.82) is 0 Å². The Kier molecular flexibility index (Phi) is 4.02. The zero-order valence-corrected chi connectivity index (χ0v) is 12.5. The van der Waals surface area contributed by atoms with Crippen molar-refractivity contribution in [2.75, 3.05) is 12.8 Å². The first-order valence-electron chi connectivity index (χ1n) is 6.56. The highest BCUT2D eigenvalue weighted by atomic mass is 32.2. The SMILES string of the molecule is CNC(c1c(C)cc(C)cc1F)C1(C)CCCS1. The summed E-state index contributed by atoms with van der Waals surface area (Å²) in [4.78, 5) is 0. The fourth-order valence-corrected chi connectivity index (χ4v) is 4.52. The van der Waals surface area contributed by atoms with Gasteiger partial charge in [-0.1, -0.05) is 6.07 Å². The second-order valence-electron chi connectivity index (χ2n) is 5.46. The number of aryl methyl sites for hydroxylation is 2. The first kappa shape index (κ1) is 13.9. The standard InChI is InChI=1S/C15H22FNS/c1-10-8-11(2)13(12(16)9-10)14(17-4)15(3)6-5-7-18-15/h8-9,14,17H,5-7H2,1-4H3. The number of thioether (sulfide) groups is 1. The molecule has 2 atom stereocenters. The highest BCUT2D eigenvalue weighted by Crippen LogP contribution is 2.47. The predicted molar refractivity (Wildman–Crippen MR) is 77.8 cm³/mol. The first-order valence-corrected chi connectivity index (χ1v) is 7.54. The van der Waals surface area contributed by atoms with E-state index in [-0.39, 0.29) is 16.6 Å². The van der Waals surface area contributed by atoms with Crippen LogP contribution in [0.3, 0.4) is 0 Å². The van der Waals surface area contributed by atoms with E-state index in [0.717, 1.165) is 23.1 Å². The average Bonchev–Trinajstić information content (AvgIpc) is 2.71. The Hall–Kier alpha value is -0.540. The lowest BCUT2D eigenvalue weighted by Gasteiger charge is -2.34. The zero-order valence-electron chi connectivity index (χ0n) is 11.6. The molecule has 1 aliphatic rings. The summed E-state index contributed by atoms with van der Waals surface area (Å²) in [6.07, 6.45) is 2.38. The highest BCUT2D eigenvalue weighted by Gasteiger charge is 2.39. The third-order valence-corrected chi connectivity index (χ3v) is 5.51. The maximum Gasteiger partial charge on any atom is 0.128 e. The molecule has 0 spiro atoms. The minimum Gasteiger partial charge on any atom is -0.312 e. The number of nitrogens with one attached hydrogen (secondary N) is 1. The molecule has 3 heteroatoms. The van der Waals surface area contributed by atoms with Crippen LogP contribution in [-0.2, 0) is 0 Å². The summed E-state index contributed by atoms with van der Waals surface area (Å²) in [5, 5.41) is 3.34. The van der Waals surface area contributed by atoms with Crippen LogP contribution in [0.4, 0.5) is 4.39 Å².